The van der Waals surface area contributed by atoms with Gasteiger partial charge < -0.3 is 20.0 Å². The van der Waals surface area contributed by atoms with Crippen LogP contribution in [-0.2, 0) is 4.79 Å². The summed E-state index contributed by atoms with van der Waals surface area (Å²) in [7, 11) is 2.09. The zero-order valence-corrected chi connectivity index (χ0v) is 18.7. The third-order valence-corrected chi connectivity index (χ3v) is 6.33. The average Bonchev–Trinajstić information content (AvgIpc) is 2.84. The summed E-state index contributed by atoms with van der Waals surface area (Å²) in [6, 6.07) is 17.9. The monoisotopic (exact) mass is 432 g/mol. The van der Waals surface area contributed by atoms with E-state index in [2.05, 4.69) is 22.2 Å². The Labute approximate surface area is 190 Å². The number of piperidine rings is 1. The van der Waals surface area contributed by atoms with Crippen LogP contribution in [0.3, 0.4) is 0 Å². The molecule has 0 atom stereocenters. The second-order valence-corrected chi connectivity index (χ2v) is 8.63. The van der Waals surface area contributed by atoms with Crippen LogP contribution < -0.4 is 10.2 Å². The zero-order chi connectivity index (χ0) is 22.3. The van der Waals surface area contributed by atoms with Crippen LogP contribution in [0.25, 0.3) is 6.08 Å². The highest BCUT2D eigenvalue weighted by Crippen LogP contribution is 2.26. The highest BCUT2D eigenvalue weighted by molar-refractivity contribution is 6.00. The number of rotatable bonds is 5. The Morgan fingerprint density at radius 1 is 0.875 bits per heavy atom. The molecule has 6 heteroatoms. The van der Waals surface area contributed by atoms with E-state index in [1.54, 1.807) is 6.08 Å². The standard InChI is InChI=1S/C26H32N4O2/c1-28-17-19-30(20-18-28)26(32)23-9-5-6-10-24(23)29-15-13-22(14-16-29)27-25(31)12-11-21-7-3-2-4-8-21/h2-12,22H,13-20H2,1H3,(H,27,31). The molecule has 2 heterocycles. The van der Waals surface area contributed by atoms with Gasteiger partial charge in [0.2, 0.25) is 5.91 Å². The first kappa shape index (κ1) is 22.1. The molecular weight excluding hydrogens is 400 g/mol. The molecule has 2 aromatic carbocycles. The molecule has 168 valence electrons. The van der Waals surface area contributed by atoms with Crippen molar-refractivity contribution in [2.24, 2.45) is 0 Å². The Kier molecular flexibility index (Phi) is 7.22. The van der Waals surface area contributed by atoms with Crippen LogP contribution >= 0.6 is 0 Å². The average molecular weight is 433 g/mol. The lowest BCUT2D eigenvalue weighted by Gasteiger charge is -2.36. The Bertz CT molecular complexity index is 943. The number of likely N-dealkylation sites (N-methyl/N-ethyl adjacent to an activating group) is 1. The third-order valence-electron chi connectivity index (χ3n) is 6.33. The number of para-hydroxylation sites is 1. The van der Waals surface area contributed by atoms with Gasteiger partial charge in [-0.05, 0) is 43.7 Å². The lowest BCUT2D eigenvalue weighted by Crippen LogP contribution is -2.48. The molecule has 32 heavy (non-hydrogen) atoms. The van der Waals surface area contributed by atoms with Crippen molar-refractivity contribution in [2.45, 2.75) is 18.9 Å². The first-order valence-corrected chi connectivity index (χ1v) is 11.5. The second kappa shape index (κ2) is 10.5. The van der Waals surface area contributed by atoms with E-state index in [1.807, 2.05) is 65.6 Å². The molecule has 1 N–H and O–H groups in total. The van der Waals surface area contributed by atoms with Gasteiger partial charge >= 0.3 is 0 Å². The van der Waals surface area contributed by atoms with Crippen molar-refractivity contribution in [1.82, 2.24) is 15.1 Å². The highest BCUT2D eigenvalue weighted by Gasteiger charge is 2.26. The number of benzene rings is 2. The van der Waals surface area contributed by atoms with Crippen molar-refractivity contribution in [3.63, 3.8) is 0 Å². The molecule has 2 aliphatic rings. The molecule has 2 aromatic rings. The van der Waals surface area contributed by atoms with Crippen LogP contribution in [0.15, 0.2) is 60.7 Å². The number of nitrogens with zero attached hydrogens (tertiary/aromatic N) is 3. The Morgan fingerprint density at radius 3 is 2.25 bits per heavy atom. The molecule has 0 radical (unpaired) electrons. The van der Waals surface area contributed by atoms with Gasteiger partial charge in [-0.2, -0.15) is 0 Å². The first-order valence-electron chi connectivity index (χ1n) is 11.5. The van der Waals surface area contributed by atoms with Crippen LogP contribution in [0.5, 0.6) is 0 Å². The lowest BCUT2D eigenvalue weighted by atomic mass is 10.0. The van der Waals surface area contributed by atoms with E-state index in [0.717, 1.165) is 68.9 Å². The van der Waals surface area contributed by atoms with Crippen molar-refractivity contribution < 1.29 is 9.59 Å². The number of piperazine rings is 1. The molecule has 2 fully saturated rings. The minimum Gasteiger partial charge on any atom is -0.371 e. The minimum atomic E-state index is -0.0575. The first-order chi connectivity index (χ1) is 15.6. The number of amides is 2. The van der Waals surface area contributed by atoms with Gasteiger partial charge in [-0.25, -0.2) is 0 Å². The van der Waals surface area contributed by atoms with Crippen LogP contribution in [0, 0.1) is 0 Å². The number of carbonyl (C=O) groups excluding carboxylic acids is 2. The molecule has 0 bridgehead atoms. The van der Waals surface area contributed by atoms with Gasteiger partial charge in [0.15, 0.2) is 0 Å². The molecular formula is C26H32N4O2. The van der Waals surface area contributed by atoms with E-state index in [1.165, 1.54) is 0 Å². The Morgan fingerprint density at radius 2 is 1.53 bits per heavy atom. The largest absolute Gasteiger partial charge is 0.371 e. The van der Waals surface area contributed by atoms with Gasteiger partial charge in [0.25, 0.3) is 5.91 Å². The van der Waals surface area contributed by atoms with Gasteiger partial charge in [-0.3, -0.25) is 9.59 Å². The fraction of sp³-hybridized carbons (Fsp3) is 0.385. The summed E-state index contributed by atoms with van der Waals surface area (Å²) in [6.45, 7) is 5.01. The van der Waals surface area contributed by atoms with Crippen molar-refractivity contribution in [2.75, 3.05) is 51.2 Å². The molecule has 4 rings (SSSR count). The van der Waals surface area contributed by atoms with E-state index in [9.17, 15) is 9.59 Å². The molecule has 2 amide bonds. The second-order valence-electron chi connectivity index (χ2n) is 8.63. The van der Waals surface area contributed by atoms with E-state index in [0.29, 0.717) is 0 Å². The van der Waals surface area contributed by atoms with Gasteiger partial charge in [0.1, 0.15) is 0 Å². The molecule has 0 aromatic heterocycles. The summed E-state index contributed by atoms with van der Waals surface area (Å²) in [5.41, 5.74) is 2.80. The summed E-state index contributed by atoms with van der Waals surface area (Å²) in [5, 5.41) is 3.12. The third kappa shape index (κ3) is 5.56. The fourth-order valence-corrected chi connectivity index (χ4v) is 4.36. The van der Waals surface area contributed by atoms with Crippen LogP contribution in [0.2, 0.25) is 0 Å². The fourth-order valence-electron chi connectivity index (χ4n) is 4.36. The smallest absolute Gasteiger partial charge is 0.256 e. The summed E-state index contributed by atoms with van der Waals surface area (Å²) in [5.74, 6) is 0.0631. The predicted octanol–water partition coefficient (Wildman–Crippen LogP) is 2.87. The quantitative estimate of drug-likeness (QED) is 0.739. The number of anilines is 1. The van der Waals surface area contributed by atoms with E-state index < -0.39 is 0 Å². The zero-order valence-electron chi connectivity index (χ0n) is 18.7. The van der Waals surface area contributed by atoms with Gasteiger partial charge in [0, 0.05) is 57.1 Å². The molecule has 2 aliphatic heterocycles. The van der Waals surface area contributed by atoms with Crippen molar-refractivity contribution in [3.05, 3.63) is 71.8 Å². The maximum atomic E-state index is 13.2. The Hall–Kier alpha value is -3.12. The van der Waals surface area contributed by atoms with E-state index in [-0.39, 0.29) is 17.9 Å². The van der Waals surface area contributed by atoms with Crippen LogP contribution in [-0.4, -0.2) is 74.0 Å². The number of hydrogen-bond acceptors (Lipinski definition) is 4. The summed E-state index contributed by atoms with van der Waals surface area (Å²) in [4.78, 5) is 32.0. The predicted molar refractivity (Wildman–Crippen MR) is 129 cm³/mol. The normalized spacial score (nSPS) is 18.2. The molecule has 0 unspecified atom stereocenters. The summed E-state index contributed by atoms with van der Waals surface area (Å²) in [6.07, 6.45) is 5.17. The molecule has 2 saturated heterocycles. The highest BCUT2D eigenvalue weighted by atomic mass is 16.2. The number of carbonyl (C=O) groups is 2. The van der Waals surface area contributed by atoms with Crippen molar-refractivity contribution in [1.29, 1.82) is 0 Å². The van der Waals surface area contributed by atoms with Crippen LogP contribution in [0.4, 0.5) is 5.69 Å². The molecule has 0 spiro atoms. The lowest BCUT2D eigenvalue weighted by molar-refractivity contribution is -0.117. The summed E-state index contributed by atoms with van der Waals surface area (Å²) < 4.78 is 0. The Balaban J connectivity index is 1.33. The van der Waals surface area contributed by atoms with Crippen molar-refractivity contribution in [3.8, 4) is 0 Å². The van der Waals surface area contributed by atoms with E-state index in [4.69, 9.17) is 0 Å². The molecule has 0 saturated carbocycles. The minimum absolute atomic E-state index is 0.0575. The van der Waals surface area contributed by atoms with E-state index >= 15 is 0 Å². The van der Waals surface area contributed by atoms with Crippen LogP contribution in [0.1, 0.15) is 28.8 Å². The maximum absolute atomic E-state index is 13.2. The maximum Gasteiger partial charge on any atom is 0.256 e. The van der Waals surface area contributed by atoms with Gasteiger partial charge in [0.05, 0.1) is 5.56 Å². The SMILES string of the molecule is CN1CCN(C(=O)c2ccccc2N2CCC(NC(=O)C=Cc3ccccc3)CC2)CC1. The molecule has 0 aliphatic carbocycles. The van der Waals surface area contributed by atoms with Crippen molar-refractivity contribution >= 4 is 23.6 Å². The number of nitrogens with one attached hydrogen (secondary N) is 1. The topological polar surface area (TPSA) is 55.9 Å². The number of hydrogen-bond donors (Lipinski definition) is 1. The van der Waals surface area contributed by atoms with Gasteiger partial charge in [-0.1, -0.05) is 42.5 Å². The van der Waals surface area contributed by atoms with Gasteiger partial charge in [-0.15, -0.1) is 0 Å². The molecule has 6 nitrogen and oxygen atoms in total. The summed E-state index contributed by atoms with van der Waals surface area (Å²) >= 11 is 0.